The number of fused-ring (bicyclic) bond motifs is 1. The van der Waals surface area contributed by atoms with Crippen molar-refractivity contribution in [2.45, 2.75) is 89.9 Å². The van der Waals surface area contributed by atoms with Gasteiger partial charge in [0.05, 0.1) is 12.6 Å². The van der Waals surface area contributed by atoms with E-state index in [-0.39, 0.29) is 23.8 Å². The standard InChI is InChI=1S/C19H32N2O5/c1-4-8-14(19(25)26-5-2)20-12(3)17(22)21-15-10-7-6-9-13(15)11-16(21)18(23)24/h12-16,20H,4-11H2,1-3H3,(H,23,24)/t12?,13-,14?,15-,16?/m1/s1. The molecule has 26 heavy (non-hydrogen) atoms. The van der Waals surface area contributed by atoms with Crippen molar-refractivity contribution in [1.82, 2.24) is 10.2 Å². The summed E-state index contributed by atoms with van der Waals surface area (Å²) in [6, 6.07) is -1.92. The molecule has 0 aromatic rings. The number of aliphatic carboxylic acids is 1. The van der Waals surface area contributed by atoms with Crippen LogP contribution in [0.2, 0.25) is 0 Å². The number of esters is 1. The molecule has 1 saturated carbocycles. The van der Waals surface area contributed by atoms with Crippen molar-refractivity contribution in [2.75, 3.05) is 6.61 Å². The molecule has 0 aromatic carbocycles. The molecule has 0 radical (unpaired) electrons. The Bertz CT molecular complexity index is 524. The number of rotatable bonds is 8. The van der Waals surface area contributed by atoms with Crippen molar-refractivity contribution in [3.05, 3.63) is 0 Å². The Morgan fingerprint density at radius 3 is 2.54 bits per heavy atom. The Labute approximate surface area is 155 Å². The van der Waals surface area contributed by atoms with E-state index in [0.717, 1.165) is 32.1 Å². The number of carboxylic acids is 1. The SMILES string of the molecule is CCCC(NC(C)C(=O)N1C(C(=O)O)C[C@H]2CCCC[C@H]21)C(=O)OCC. The Kier molecular flexibility index (Phi) is 7.43. The van der Waals surface area contributed by atoms with Gasteiger partial charge in [0.25, 0.3) is 0 Å². The quantitative estimate of drug-likeness (QED) is 0.636. The molecule has 0 aromatic heterocycles. The molecule has 2 aliphatic rings. The normalized spacial score (nSPS) is 27.5. The number of likely N-dealkylation sites (tertiary alicyclic amines) is 1. The van der Waals surface area contributed by atoms with Crippen LogP contribution in [0.15, 0.2) is 0 Å². The Hall–Kier alpha value is -1.63. The average Bonchev–Trinajstić information content (AvgIpc) is 3.00. The maximum atomic E-state index is 13.1. The summed E-state index contributed by atoms with van der Waals surface area (Å²) in [6.45, 7) is 5.72. The highest BCUT2D eigenvalue weighted by atomic mass is 16.5. The van der Waals surface area contributed by atoms with Crippen molar-refractivity contribution in [2.24, 2.45) is 5.92 Å². The fourth-order valence-corrected chi connectivity index (χ4v) is 4.39. The summed E-state index contributed by atoms with van der Waals surface area (Å²) in [6.07, 6.45) is 5.87. The lowest BCUT2D eigenvalue weighted by Gasteiger charge is -2.35. The molecule has 2 rings (SSSR count). The highest BCUT2D eigenvalue weighted by molar-refractivity contribution is 5.88. The van der Waals surface area contributed by atoms with Gasteiger partial charge in [-0.1, -0.05) is 26.2 Å². The molecule has 1 aliphatic carbocycles. The highest BCUT2D eigenvalue weighted by Gasteiger charge is 2.48. The lowest BCUT2D eigenvalue weighted by atomic mass is 9.84. The summed E-state index contributed by atoms with van der Waals surface area (Å²) in [7, 11) is 0. The topological polar surface area (TPSA) is 95.9 Å². The van der Waals surface area contributed by atoms with Crippen molar-refractivity contribution in [3.8, 4) is 0 Å². The lowest BCUT2D eigenvalue weighted by Crippen LogP contribution is -2.55. The van der Waals surface area contributed by atoms with Crippen LogP contribution in [0.25, 0.3) is 0 Å². The maximum Gasteiger partial charge on any atom is 0.326 e. The molecule has 2 N–H and O–H groups in total. The van der Waals surface area contributed by atoms with Crippen LogP contribution in [0.5, 0.6) is 0 Å². The zero-order valence-electron chi connectivity index (χ0n) is 16.1. The molecule has 0 bridgehead atoms. The summed E-state index contributed by atoms with van der Waals surface area (Å²) in [4.78, 5) is 38.5. The van der Waals surface area contributed by atoms with Crippen LogP contribution in [0.1, 0.15) is 65.7 Å². The van der Waals surface area contributed by atoms with Crippen LogP contribution in [0.4, 0.5) is 0 Å². The number of nitrogens with one attached hydrogen (secondary N) is 1. The molecule has 1 saturated heterocycles. The first-order chi connectivity index (χ1) is 12.4. The van der Waals surface area contributed by atoms with Gasteiger partial charge in [-0.25, -0.2) is 4.79 Å². The van der Waals surface area contributed by atoms with E-state index in [4.69, 9.17) is 4.74 Å². The maximum absolute atomic E-state index is 13.1. The highest BCUT2D eigenvalue weighted by Crippen LogP contribution is 2.40. The predicted octanol–water partition coefficient (Wildman–Crippen LogP) is 1.94. The van der Waals surface area contributed by atoms with Gasteiger partial charge in [0.1, 0.15) is 12.1 Å². The number of carbonyl (C=O) groups is 3. The third-order valence-electron chi connectivity index (χ3n) is 5.60. The first kappa shape index (κ1) is 20.7. The molecular formula is C19H32N2O5. The van der Waals surface area contributed by atoms with E-state index in [2.05, 4.69) is 5.32 Å². The third-order valence-corrected chi connectivity index (χ3v) is 5.60. The van der Waals surface area contributed by atoms with Gasteiger partial charge in [0.2, 0.25) is 5.91 Å². The zero-order chi connectivity index (χ0) is 19.3. The lowest BCUT2D eigenvalue weighted by molar-refractivity contribution is -0.152. The number of nitrogens with zero attached hydrogens (tertiary/aromatic N) is 1. The van der Waals surface area contributed by atoms with Gasteiger partial charge >= 0.3 is 11.9 Å². The van der Waals surface area contributed by atoms with E-state index in [0.29, 0.717) is 19.4 Å². The Morgan fingerprint density at radius 2 is 1.92 bits per heavy atom. The van der Waals surface area contributed by atoms with Gasteiger partial charge in [-0.05, 0) is 45.4 Å². The number of carbonyl (C=O) groups excluding carboxylic acids is 2. The van der Waals surface area contributed by atoms with Gasteiger partial charge in [0, 0.05) is 6.04 Å². The molecule has 1 amide bonds. The van der Waals surface area contributed by atoms with E-state index in [1.165, 1.54) is 0 Å². The summed E-state index contributed by atoms with van der Waals surface area (Å²) >= 11 is 0. The third kappa shape index (κ3) is 4.55. The van der Waals surface area contributed by atoms with Crippen LogP contribution in [-0.2, 0) is 19.1 Å². The smallest absolute Gasteiger partial charge is 0.326 e. The molecule has 148 valence electrons. The van der Waals surface area contributed by atoms with E-state index < -0.39 is 24.1 Å². The molecule has 1 heterocycles. The van der Waals surface area contributed by atoms with Gasteiger partial charge in [-0.2, -0.15) is 0 Å². The van der Waals surface area contributed by atoms with Gasteiger partial charge in [0.15, 0.2) is 0 Å². The van der Waals surface area contributed by atoms with Gasteiger partial charge in [-0.15, -0.1) is 0 Å². The van der Waals surface area contributed by atoms with Crippen LogP contribution >= 0.6 is 0 Å². The van der Waals surface area contributed by atoms with Crippen LogP contribution in [-0.4, -0.2) is 58.6 Å². The summed E-state index contributed by atoms with van der Waals surface area (Å²) < 4.78 is 5.09. The van der Waals surface area contributed by atoms with E-state index in [1.54, 1.807) is 18.7 Å². The van der Waals surface area contributed by atoms with E-state index >= 15 is 0 Å². The predicted molar refractivity (Wildman–Crippen MR) is 96.6 cm³/mol. The van der Waals surface area contributed by atoms with E-state index in [9.17, 15) is 19.5 Å². The largest absolute Gasteiger partial charge is 0.480 e. The van der Waals surface area contributed by atoms with Crippen molar-refractivity contribution >= 4 is 17.8 Å². The number of hydrogen-bond acceptors (Lipinski definition) is 5. The first-order valence-electron chi connectivity index (χ1n) is 9.88. The van der Waals surface area contributed by atoms with Crippen molar-refractivity contribution in [3.63, 3.8) is 0 Å². The summed E-state index contributed by atoms with van der Waals surface area (Å²) in [5, 5.41) is 12.7. The number of carboxylic acid groups (broad SMARTS) is 1. The summed E-state index contributed by atoms with van der Waals surface area (Å²) in [5.41, 5.74) is 0. The van der Waals surface area contributed by atoms with Crippen LogP contribution in [0.3, 0.4) is 0 Å². The molecule has 0 spiro atoms. The first-order valence-corrected chi connectivity index (χ1v) is 9.88. The minimum atomic E-state index is -0.935. The molecule has 1 aliphatic heterocycles. The van der Waals surface area contributed by atoms with Gasteiger partial charge < -0.3 is 14.7 Å². The zero-order valence-corrected chi connectivity index (χ0v) is 16.1. The molecular weight excluding hydrogens is 336 g/mol. The molecule has 5 atom stereocenters. The van der Waals surface area contributed by atoms with Gasteiger partial charge in [-0.3, -0.25) is 14.9 Å². The fourth-order valence-electron chi connectivity index (χ4n) is 4.39. The number of amides is 1. The average molecular weight is 368 g/mol. The minimum absolute atomic E-state index is 0.00817. The molecule has 7 heteroatoms. The molecule has 3 unspecified atom stereocenters. The second-order valence-electron chi connectivity index (χ2n) is 7.43. The van der Waals surface area contributed by atoms with Crippen LogP contribution < -0.4 is 5.32 Å². The minimum Gasteiger partial charge on any atom is -0.480 e. The van der Waals surface area contributed by atoms with Crippen molar-refractivity contribution in [1.29, 1.82) is 0 Å². The van der Waals surface area contributed by atoms with Crippen LogP contribution in [0, 0.1) is 5.92 Å². The monoisotopic (exact) mass is 368 g/mol. The van der Waals surface area contributed by atoms with Crippen molar-refractivity contribution < 1.29 is 24.2 Å². The Balaban J connectivity index is 2.10. The van der Waals surface area contributed by atoms with E-state index in [1.807, 2.05) is 6.92 Å². The number of hydrogen-bond donors (Lipinski definition) is 2. The summed E-state index contributed by atoms with van der Waals surface area (Å²) in [5.74, 6) is -1.24. The number of ether oxygens (including phenoxy) is 1. The second-order valence-corrected chi connectivity index (χ2v) is 7.43. The molecule has 2 fully saturated rings. The second kappa shape index (κ2) is 9.35. The Morgan fingerprint density at radius 1 is 1.23 bits per heavy atom. The molecule has 7 nitrogen and oxygen atoms in total. The fraction of sp³-hybridized carbons (Fsp3) is 0.842.